The van der Waals surface area contributed by atoms with E-state index < -0.39 is 0 Å². The van der Waals surface area contributed by atoms with Gasteiger partial charge in [0.05, 0.1) is 5.69 Å². The Bertz CT molecular complexity index is 690. The second-order valence-electron chi connectivity index (χ2n) is 5.63. The van der Waals surface area contributed by atoms with Crippen LogP contribution in [0.4, 0.5) is 0 Å². The lowest BCUT2D eigenvalue weighted by Crippen LogP contribution is -2.42. The van der Waals surface area contributed by atoms with Gasteiger partial charge in [-0.05, 0) is 36.6 Å². The first-order chi connectivity index (χ1) is 11.3. The first-order valence-electron chi connectivity index (χ1n) is 7.97. The highest BCUT2D eigenvalue weighted by Crippen LogP contribution is 2.17. The SMILES string of the molecule is CN=C(NCc1cccc(-c2ccccn2)c1)NC1CC=CC1.I. The van der Waals surface area contributed by atoms with E-state index in [2.05, 4.69) is 57.0 Å². The fourth-order valence-corrected chi connectivity index (χ4v) is 2.68. The minimum absolute atomic E-state index is 0. The molecular formula is C19H23IN4. The number of hydrogen-bond acceptors (Lipinski definition) is 2. The van der Waals surface area contributed by atoms with Crippen LogP contribution >= 0.6 is 24.0 Å². The van der Waals surface area contributed by atoms with Crippen LogP contribution in [0.1, 0.15) is 18.4 Å². The molecule has 4 nitrogen and oxygen atoms in total. The topological polar surface area (TPSA) is 49.3 Å². The fourth-order valence-electron chi connectivity index (χ4n) is 2.68. The van der Waals surface area contributed by atoms with Gasteiger partial charge in [-0.15, -0.1) is 24.0 Å². The molecule has 2 aromatic rings. The summed E-state index contributed by atoms with van der Waals surface area (Å²) in [5.41, 5.74) is 3.34. The van der Waals surface area contributed by atoms with E-state index in [1.54, 1.807) is 0 Å². The zero-order chi connectivity index (χ0) is 15.9. The van der Waals surface area contributed by atoms with Crippen molar-refractivity contribution in [1.82, 2.24) is 15.6 Å². The first-order valence-corrected chi connectivity index (χ1v) is 7.97. The Labute approximate surface area is 160 Å². The van der Waals surface area contributed by atoms with E-state index in [0.29, 0.717) is 6.04 Å². The second kappa shape index (κ2) is 9.42. The summed E-state index contributed by atoms with van der Waals surface area (Å²) in [7, 11) is 1.81. The van der Waals surface area contributed by atoms with Crippen LogP contribution in [0.25, 0.3) is 11.3 Å². The summed E-state index contributed by atoms with van der Waals surface area (Å²) in [6, 6.07) is 14.9. The third-order valence-electron chi connectivity index (χ3n) is 3.92. The Balaban J connectivity index is 0.00000208. The van der Waals surface area contributed by atoms with Gasteiger partial charge in [0, 0.05) is 31.4 Å². The number of halogens is 1. The summed E-state index contributed by atoms with van der Waals surface area (Å²) >= 11 is 0. The second-order valence-corrected chi connectivity index (χ2v) is 5.63. The molecule has 0 aliphatic heterocycles. The summed E-state index contributed by atoms with van der Waals surface area (Å²) in [4.78, 5) is 8.71. The quantitative estimate of drug-likeness (QED) is 0.334. The largest absolute Gasteiger partial charge is 0.353 e. The minimum Gasteiger partial charge on any atom is -0.353 e. The van der Waals surface area contributed by atoms with Crippen molar-refractivity contribution in [1.29, 1.82) is 0 Å². The third-order valence-corrected chi connectivity index (χ3v) is 3.92. The van der Waals surface area contributed by atoms with Crippen LogP contribution in [0.15, 0.2) is 65.8 Å². The van der Waals surface area contributed by atoms with Gasteiger partial charge in [-0.1, -0.05) is 36.4 Å². The number of benzene rings is 1. The molecule has 0 fully saturated rings. The standard InChI is InChI=1S/C19H22N4.HI/c1-20-19(23-17-9-2-3-10-17)22-14-15-7-6-8-16(13-15)18-11-4-5-12-21-18;/h2-8,11-13,17H,9-10,14H2,1H3,(H2,20,22,23);1H. The maximum Gasteiger partial charge on any atom is 0.191 e. The monoisotopic (exact) mass is 434 g/mol. The number of nitrogens with one attached hydrogen (secondary N) is 2. The van der Waals surface area contributed by atoms with Crippen molar-refractivity contribution >= 4 is 29.9 Å². The van der Waals surface area contributed by atoms with Gasteiger partial charge < -0.3 is 10.6 Å². The molecule has 0 saturated heterocycles. The van der Waals surface area contributed by atoms with Crippen LogP contribution in [0.2, 0.25) is 0 Å². The van der Waals surface area contributed by atoms with Crippen molar-refractivity contribution in [3.05, 3.63) is 66.4 Å². The van der Waals surface area contributed by atoms with Crippen molar-refractivity contribution in [3.63, 3.8) is 0 Å². The molecule has 5 heteroatoms. The van der Waals surface area contributed by atoms with Gasteiger partial charge in [0.2, 0.25) is 0 Å². The summed E-state index contributed by atoms with van der Waals surface area (Å²) in [6.07, 6.45) is 8.37. The number of guanidine groups is 1. The number of rotatable bonds is 4. The molecule has 0 saturated carbocycles. The first kappa shape index (κ1) is 18.4. The molecule has 1 aliphatic rings. The Morgan fingerprint density at radius 1 is 1.17 bits per heavy atom. The number of pyridine rings is 1. The third kappa shape index (κ3) is 5.06. The summed E-state index contributed by atoms with van der Waals surface area (Å²) in [6.45, 7) is 0.737. The molecule has 0 unspecified atom stereocenters. The van der Waals surface area contributed by atoms with E-state index in [0.717, 1.165) is 36.6 Å². The molecule has 0 amide bonds. The minimum atomic E-state index is 0. The molecule has 3 rings (SSSR count). The highest BCUT2D eigenvalue weighted by molar-refractivity contribution is 14.0. The predicted octanol–water partition coefficient (Wildman–Crippen LogP) is 3.75. The molecule has 24 heavy (non-hydrogen) atoms. The van der Waals surface area contributed by atoms with Gasteiger partial charge in [-0.3, -0.25) is 9.98 Å². The summed E-state index contributed by atoms with van der Waals surface area (Å²) in [5.74, 6) is 0.849. The van der Waals surface area contributed by atoms with Gasteiger partial charge in [0.1, 0.15) is 0 Å². The highest BCUT2D eigenvalue weighted by atomic mass is 127. The van der Waals surface area contributed by atoms with Gasteiger partial charge in [0.25, 0.3) is 0 Å². The Kier molecular flexibility index (Phi) is 7.24. The fraction of sp³-hybridized carbons (Fsp3) is 0.263. The van der Waals surface area contributed by atoms with Crippen molar-refractivity contribution in [2.24, 2.45) is 4.99 Å². The van der Waals surface area contributed by atoms with Crippen molar-refractivity contribution in [3.8, 4) is 11.3 Å². The Morgan fingerprint density at radius 2 is 2.00 bits per heavy atom. The van der Waals surface area contributed by atoms with Crippen LogP contribution in [0, 0.1) is 0 Å². The van der Waals surface area contributed by atoms with E-state index in [-0.39, 0.29) is 24.0 Å². The molecule has 1 heterocycles. The number of nitrogens with zero attached hydrogens (tertiary/aromatic N) is 2. The summed E-state index contributed by atoms with van der Waals surface area (Å²) < 4.78 is 0. The van der Waals surface area contributed by atoms with Crippen LogP contribution in [0.3, 0.4) is 0 Å². The zero-order valence-corrected chi connectivity index (χ0v) is 16.1. The summed E-state index contributed by atoms with van der Waals surface area (Å²) in [5, 5.41) is 6.83. The van der Waals surface area contributed by atoms with Gasteiger partial charge >= 0.3 is 0 Å². The molecule has 1 aromatic carbocycles. The van der Waals surface area contributed by atoms with Crippen LogP contribution < -0.4 is 10.6 Å². The molecule has 2 N–H and O–H groups in total. The molecule has 0 bridgehead atoms. The van der Waals surface area contributed by atoms with Crippen molar-refractivity contribution < 1.29 is 0 Å². The lowest BCUT2D eigenvalue weighted by molar-refractivity contribution is 0.633. The average Bonchev–Trinajstić information content (AvgIpc) is 3.13. The lowest BCUT2D eigenvalue weighted by Gasteiger charge is -2.17. The highest BCUT2D eigenvalue weighted by Gasteiger charge is 2.11. The van der Waals surface area contributed by atoms with E-state index in [1.165, 1.54) is 5.56 Å². The molecule has 0 radical (unpaired) electrons. The van der Waals surface area contributed by atoms with E-state index in [4.69, 9.17) is 0 Å². The van der Waals surface area contributed by atoms with Gasteiger partial charge in [0.15, 0.2) is 5.96 Å². The maximum absolute atomic E-state index is 4.41. The molecule has 0 atom stereocenters. The van der Waals surface area contributed by atoms with Gasteiger partial charge in [-0.2, -0.15) is 0 Å². The van der Waals surface area contributed by atoms with Crippen LogP contribution in [-0.4, -0.2) is 24.0 Å². The van der Waals surface area contributed by atoms with E-state index >= 15 is 0 Å². The van der Waals surface area contributed by atoms with E-state index in [1.807, 2.05) is 31.4 Å². The van der Waals surface area contributed by atoms with Crippen molar-refractivity contribution in [2.75, 3.05) is 7.05 Å². The molecule has 1 aromatic heterocycles. The Hall–Kier alpha value is -1.89. The lowest BCUT2D eigenvalue weighted by atomic mass is 10.1. The molecule has 0 spiro atoms. The average molecular weight is 434 g/mol. The van der Waals surface area contributed by atoms with E-state index in [9.17, 15) is 0 Å². The molecule has 126 valence electrons. The van der Waals surface area contributed by atoms with Crippen LogP contribution in [0.5, 0.6) is 0 Å². The van der Waals surface area contributed by atoms with Crippen LogP contribution in [-0.2, 0) is 6.54 Å². The van der Waals surface area contributed by atoms with Gasteiger partial charge in [-0.25, -0.2) is 0 Å². The van der Waals surface area contributed by atoms with Crippen molar-refractivity contribution in [2.45, 2.75) is 25.4 Å². The smallest absolute Gasteiger partial charge is 0.191 e. The predicted molar refractivity (Wildman–Crippen MR) is 111 cm³/mol. The Morgan fingerprint density at radius 3 is 2.71 bits per heavy atom. The number of aliphatic imine (C=N–C) groups is 1. The molecule has 1 aliphatic carbocycles. The normalized spacial score (nSPS) is 14.3. The number of aromatic nitrogens is 1. The number of hydrogen-bond donors (Lipinski definition) is 2. The zero-order valence-electron chi connectivity index (χ0n) is 13.8. The molecular weight excluding hydrogens is 411 g/mol. The maximum atomic E-state index is 4.41.